The fourth-order valence-electron chi connectivity index (χ4n) is 2.34. The number of alkyl halides is 2. The number of benzene rings is 2. The van der Waals surface area contributed by atoms with Gasteiger partial charge in [0.2, 0.25) is 0 Å². The molecule has 2 rings (SSSR count). The van der Waals surface area contributed by atoms with Gasteiger partial charge in [0.15, 0.2) is 11.5 Å². The van der Waals surface area contributed by atoms with Crippen molar-refractivity contribution in [1.82, 2.24) is 4.90 Å². The fraction of sp³-hybridized carbons (Fsp3) is 0.316. The lowest BCUT2D eigenvalue weighted by atomic mass is 10.2. The highest BCUT2D eigenvalue weighted by atomic mass is 19.3. The van der Waals surface area contributed by atoms with Crippen molar-refractivity contribution in [2.75, 3.05) is 27.3 Å². The monoisotopic (exact) mass is 362 g/mol. The molecule has 0 N–H and O–H groups in total. The normalized spacial score (nSPS) is 10.7. The quantitative estimate of drug-likeness (QED) is 0.681. The zero-order valence-corrected chi connectivity index (χ0v) is 14.6. The van der Waals surface area contributed by atoms with E-state index >= 15 is 0 Å². The summed E-state index contributed by atoms with van der Waals surface area (Å²) in [7, 11) is 3.31. The third-order valence-corrected chi connectivity index (χ3v) is 3.62. The SMILES string of the molecule is COc1ccc(CN(C)CCOc2ccc(C#N)cc2)cc1OC(F)F. The van der Waals surface area contributed by atoms with Crippen molar-refractivity contribution in [3.8, 4) is 23.3 Å². The lowest BCUT2D eigenvalue weighted by Crippen LogP contribution is -2.24. The largest absolute Gasteiger partial charge is 0.493 e. The zero-order valence-electron chi connectivity index (χ0n) is 14.6. The summed E-state index contributed by atoms with van der Waals surface area (Å²) in [5.74, 6) is 0.970. The van der Waals surface area contributed by atoms with E-state index in [1.165, 1.54) is 7.11 Å². The lowest BCUT2D eigenvalue weighted by molar-refractivity contribution is -0.0512. The Morgan fingerprint density at radius 3 is 2.46 bits per heavy atom. The van der Waals surface area contributed by atoms with Gasteiger partial charge in [0.25, 0.3) is 0 Å². The highest BCUT2D eigenvalue weighted by Crippen LogP contribution is 2.29. The van der Waals surface area contributed by atoms with Crippen LogP contribution in [0.5, 0.6) is 17.2 Å². The maximum atomic E-state index is 12.5. The van der Waals surface area contributed by atoms with Crippen LogP contribution in [0.4, 0.5) is 8.78 Å². The van der Waals surface area contributed by atoms with Crippen LogP contribution in [-0.2, 0) is 6.54 Å². The molecule has 2 aromatic carbocycles. The van der Waals surface area contributed by atoms with Crippen LogP contribution in [0.15, 0.2) is 42.5 Å². The van der Waals surface area contributed by atoms with Gasteiger partial charge in [0.1, 0.15) is 12.4 Å². The van der Waals surface area contributed by atoms with Gasteiger partial charge < -0.3 is 14.2 Å². The van der Waals surface area contributed by atoms with Gasteiger partial charge in [-0.1, -0.05) is 6.07 Å². The fourth-order valence-corrected chi connectivity index (χ4v) is 2.34. The Hall–Kier alpha value is -2.85. The van der Waals surface area contributed by atoms with Gasteiger partial charge in [-0.25, -0.2) is 0 Å². The van der Waals surface area contributed by atoms with Gasteiger partial charge >= 0.3 is 6.61 Å². The van der Waals surface area contributed by atoms with Crippen molar-refractivity contribution in [2.45, 2.75) is 13.2 Å². The zero-order chi connectivity index (χ0) is 18.9. The van der Waals surface area contributed by atoms with Crippen LogP contribution < -0.4 is 14.2 Å². The minimum atomic E-state index is -2.90. The second-order valence-electron chi connectivity index (χ2n) is 5.59. The predicted molar refractivity (Wildman–Crippen MR) is 92.6 cm³/mol. The average molecular weight is 362 g/mol. The van der Waals surface area contributed by atoms with E-state index in [2.05, 4.69) is 10.8 Å². The second kappa shape index (κ2) is 9.59. The van der Waals surface area contributed by atoms with Crippen LogP contribution in [0.3, 0.4) is 0 Å². The maximum absolute atomic E-state index is 12.5. The minimum Gasteiger partial charge on any atom is -0.493 e. The van der Waals surface area contributed by atoms with Crippen molar-refractivity contribution in [2.24, 2.45) is 0 Å². The molecule has 0 aromatic heterocycles. The molecule has 0 fully saturated rings. The van der Waals surface area contributed by atoms with Gasteiger partial charge in [0, 0.05) is 13.1 Å². The molecule has 0 saturated carbocycles. The van der Waals surface area contributed by atoms with Crippen LogP contribution in [-0.4, -0.2) is 38.8 Å². The molecule has 26 heavy (non-hydrogen) atoms. The van der Waals surface area contributed by atoms with Crippen LogP contribution in [0.1, 0.15) is 11.1 Å². The minimum absolute atomic E-state index is 0.0160. The Balaban J connectivity index is 1.86. The summed E-state index contributed by atoms with van der Waals surface area (Å²) in [6.45, 7) is -1.27. The first-order chi connectivity index (χ1) is 12.5. The van der Waals surface area contributed by atoms with E-state index in [0.29, 0.717) is 31.0 Å². The van der Waals surface area contributed by atoms with Crippen LogP contribution >= 0.6 is 0 Å². The summed E-state index contributed by atoms with van der Waals surface area (Å²) < 4.78 is 40.1. The molecule has 7 heteroatoms. The van der Waals surface area contributed by atoms with Gasteiger partial charge in [-0.15, -0.1) is 0 Å². The smallest absolute Gasteiger partial charge is 0.387 e. The molecular weight excluding hydrogens is 342 g/mol. The average Bonchev–Trinajstić information content (AvgIpc) is 2.62. The van der Waals surface area contributed by atoms with Gasteiger partial charge in [-0.3, -0.25) is 4.90 Å². The van der Waals surface area contributed by atoms with Gasteiger partial charge in [-0.05, 0) is 49.0 Å². The first kappa shape index (κ1) is 19.5. The van der Waals surface area contributed by atoms with E-state index in [9.17, 15) is 8.78 Å². The Labute approximate surface area is 151 Å². The van der Waals surface area contributed by atoms with Crippen molar-refractivity contribution in [1.29, 1.82) is 5.26 Å². The number of nitrogens with zero attached hydrogens (tertiary/aromatic N) is 2. The molecule has 0 aliphatic carbocycles. The molecule has 2 aromatic rings. The molecule has 0 atom stereocenters. The number of rotatable bonds is 9. The molecule has 0 heterocycles. The molecule has 138 valence electrons. The summed E-state index contributed by atoms with van der Waals surface area (Å²) in [4.78, 5) is 2.00. The first-order valence-electron chi connectivity index (χ1n) is 7.95. The van der Waals surface area contributed by atoms with E-state index in [-0.39, 0.29) is 11.5 Å². The van der Waals surface area contributed by atoms with E-state index < -0.39 is 6.61 Å². The Bertz CT molecular complexity index is 745. The Morgan fingerprint density at radius 1 is 1.12 bits per heavy atom. The summed E-state index contributed by atoms with van der Waals surface area (Å²) in [6, 6.07) is 13.9. The number of methoxy groups -OCH3 is 1. The number of hydrogen-bond acceptors (Lipinski definition) is 5. The molecule has 5 nitrogen and oxygen atoms in total. The van der Waals surface area contributed by atoms with Crippen LogP contribution in [0.2, 0.25) is 0 Å². The molecule has 0 radical (unpaired) electrons. The summed E-state index contributed by atoms with van der Waals surface area (Å²) in [5, 5.41) is 8.76. The topological polar surface area (TPSA) is 54.7 Å². The lowest BCUT2D eigenvalue weighted by Gasteiger charge is -2.18. The molecule has 0 spiro atoms. The molecule has 0 unspecified atom stereocenters. The third-order valence-electron chi connectivity index (χ3n) is 3.62. The van der Waals surface area contributed by atoms with E-state index in [0.717, 1.165) is 5.56 Å². The number of nitriles is 1. The van der Waals surface area contributed by atoms with E-state index in [1.54, 1.807) is 42.5 Å². The predicted octanol–water partition coefficient (Wildman–Crippen LogP) is 3.68. The summed E-state index contributed by atoms with van der Waals surface area (Å²) in [6.07, 6.45) is 0. The molecule has 0 amide bonds. The standard InChI is InChI=1S/C19H20F2N2O3/c1-23(9-10-25-16-6-3-14(12-22)4-7-16)13-15-5-8-17(24-2)18(11-15)26-19(20)21/h3-8,11,19H,9-10,13H2,1-2H3. The molecule has 0 saturated heterocycles. The molecule has 0 aliphatic rings. The van der Waals surface area contributed by atoms with E-state index in [1.807, 2.05) is 11.9 Å². The molecular formula is C19H20F2N2O3. The van der Waals surface area contributed by atoms with Crippen LogP contribution in [0.25, 0.3) is 0 Å². The number of hydrogen-bond donors (Lipinski definition) is 0. The number of likely N-dealkylation sites (N-methyl/N-ethyl adjacent to an activating group) is 1. The van der Waals surface area contributed by atoms with Crippen molar-refractivity contribution in [3.63, 3.8) is 0 Å². The van der Waals surface area contributed by atoms with Gasteiger partial charge in [-0.2, -0.15) is 14.0 Å². The third kappa shape index (κ3) is 5.90. The van der Waals surface area contributed by atoms with Gasteiger partial charge in [0.05, 0.1) is 18.7 Å². The second-order valence-corrected chi connectivity index (χ2v) is 5.59. The maximum Gasteiger partial charge on any atom is 0.387 e. The van der Waals surface area contributed by atoms with Crippen molar-refractivity contribution in [3.05, 3.63) is 53.6 Å². The Kier molecular flexibility index (Phi) is 7.18. The Morgan fingerprint density at radius 2 is 1.85 bits per heavy atom. The molecule has 0 bridgehead atoms. The number of ether oxygens (including phenoxy) is 3. The van der Waals surface area contributed by atoms with Crippen LogP contribution in [0, 0.1) is 11.3 Å². The number of halogens is 2. The summed E-state index contributed by atoms with van der Waals surface area (Å²) in [5.41, 5.74) is 1.40. The first-order valence-corrected chi connectivity index (χ1v) is 7.95. The summed E-state index contributed by atoms with van der Waals surface area (Å²) >= 11 is 0. The van der Waals surface area contributed by atoms with E-state index in [4.69, 9.17) is 14.7 Å². The van der Waals surface area contributed by atoms with Crippen molar-refractivity contribution >= 4 is 0 Å². The highest BCUT2D eigenvalue weighted by molar-refractivity contribution is 5.43. The van der Waals surface area contributed by atoms with Crippen molar-refractivity contribution < 1.29 is 23.0 Å². The highest BCUT2D eigenvalue weighted by Gasteiger charge is 2.12. The molecule has 0 aliphatic heterocycles.